The molecular formula is C25H37N5O3. The first-order chi connectivity index (χ1) is 15.5. The van der Waals surface area contributed by atoms with E-state index in [1.807, 2.05) is 46.6 Å². The molecule has 0 atom stereocenters. The van der Waals surface area contributed by atoms with Gasteiger partial charge in [0.2, 0.25) is 5.91 Å². The maximum atomic E-state index is 12.5. The van der Waals surface area contributed by atoms with Gasteiger partial charge in [-0.25, -0.2) is 9.97 Å². The summed E-state index contributed by atoms with van der Waals surface area (Å²) >= 11 is 0. The summed E-state index contributed by atoms with van der Waals surface area (Å²) in [6.07, 6.45) is 5.71. The minimum absolute atomic E-state index is 0.0511. The minimum Gasteiger partial charge on any atom is -0.490 e. The van der Waals surface area contributed by atoms with Crippen molar-refractivity contribution in [1.29, 1.82) is 0 Å². The smallest absolute Gasteiger partial charge is 0.239 e. The van der Waals surface area contributed by atoms with Gasteiger partial charge in [-0.1, -0.05) is 13.8 Å². The average molecular weight is 456 g/mol. The van der Waals surface area contributed by atoms with Gasteiger partial charge in [0.1, 0.15) is 23.9 Å². The van der Waals surface area contributed by atoms with Crippen molar-refractivity contribution >= 4 is 11.7 Å². The van der Waals surface area contributed by atoms with Gasteiger partial charge in [-0.05, 0) is 58.9 Å². The molecule has 0 saturated carbocycles. The lowest BCUT2D eigenvalue weighted by Gasteiger charge is -2.25. The number of likely N-dealkylation sites (N-methyl/N-ethyl adjacent to an activating group) is 1. The van der Waals surface area contributed by atoms with E-state index in [4.69, 9.17) is 14.7 Å². The number of aromatic nitrogens is 3. The fourth-order valence-electron chi connectivity index (χ4n) is 3.89. The van der Waals surface area contributed by atoms with Gasteiger partial charge in [0.05, 0.1) is 12.1 Å². The quantitative estimate of drug-likeness (QED) is 0.598. The van der Waals surface area contributed by atoms with Crippen molar-refractivity contribution in [2.75, 3.05) is 25.1 Å². The van der Waals surface area contributed by atoms with E-state index in [-0.39, 0.29) is 24.6 Å². The number of carbonyl (C=O) groups is 1. The van der Waals surface area contributed by atoms with Gasteiger partial charge in [0.15, 0.2) is 5.82 Å². The number of carbonyl (C=O) groups excluding carboxylic acids is 1. The molecule has 33 heavy (non-hydrogen) atoms. The monoisotopic (exact) mass is 455 g/mol. The number of amides is 1. The number of pyridine rings is 1. The molecule has 0 aromatic carbocycles. The summed E-state index contributed by atoms with van der Waals surface area (Å²) in [6.45, 7) is 10.2. The van der Waals surface area contributed by atoms with Crippen molar-refractivity contribution in [3.05, 3.63) is 29.6 Å². The molecular weight excluding hydrogens is 418 g/mol. The van der Waals surface area contributed by atoms with Gasteiger partial charge >= 0.3 is 0 Å². The number of aryl methyl sites for hydroxylation is 1. The minimum atomic E-state index is -0.850. The molecule has 1 amide bonds. The topological polar surface area (TPSA) is 100 Å². The second-order valence-electron chi connectivity index (χ2n) is 9.90. The molecule has 2 aromatic rings. The van der Waals surface area contributed by atoms with E-state index in [0.29, 0.717) is 30.1 Å². The van der Waals surface area contributed by atoms with E-state index < -0.39 is 5.60 Å². The van der Waals surface area contributed by atoms with E-state index in [1.165, 1.54) is 0 Å². The third-order valence-electron chi connectivity index (χ3n) is 5.95. The Balaban J connectivity index is 1.85. The van der Waals surface area contributed by atoms with Crippen LogP contribution in [0.15, 0.2) is 18.3 Å². The summed E-state index contributed by atoms with van der Waals surface area (Å²) in [5.41, 5.74) is 1.58. The van der Waals surface area contributed by atoms with Crippen molar-refractivity contribution in [2.45, 2.75) is 77.9 Å². The highest BCUT2D eigenvalue weighted by Crippen LogP contribution is 2.31. The zero-order valence-electron chi connectivity index (χ0n) is 20.7. The van der Waals surface area contributed by atoms with Crippen molar-refractivity contribution in [2.24, 2.45) is 0 Å². The number of hydrogen-bond donors (Lipinski definition) is 2. The van der Waals surface area contributed by atoms with Crippen LogP contribution in [-0.2, 0) is 17.6 Å². The number of anilines is 1. The highest BCUT2D eigenvalue weighted by atomic mass is 16.5. The van der Waals surface area contributed by atoms with E-state index in [2.05, 4.69) is 10.3 Å². The van der Waals surface area contributed by atoms with Gasteiger partial charge in [-0.15, -0.1) is 0 Å². The predicted octanol–water partition coefficient (Wildman–Crippen LogP) is 3.31. The first-order valence-electron chi connectivity index (χ1n) is 11.8. The van der Waals surface area contributed by atoms with Gasteiger partial charge in [0.25, 0.3) is 0 Å². The van der Waals surface area contributed by atoms with Gasteiger partial charge in [-0.2, -0.15) is 0 Å². The second kappa shape index (κ2) is 10.0. The molecule has 1 aliphatic carbocycles. The number of fused-ring (bicyclic) bond motifs is 1. The molecule has 1 aliphatic rings. The molecule has 0 radical (unpaired) electrons. The molecule has 8 nitrogen and oxygen atoms in total. The summed E-state index contributed by atoms with van der Waals surface area (Å²) in [5, 5.41) is 13.5. The molecule has 8 heteroatoms. The zero-order chi connectivity index (χ0) is 24.2. The van der Waals surface area contributed by atoms with Crippen LogP contribution in [0.4, 0.5) is 5.82 Å². The largest absolute Gasteiger partial charge is 0.490 e. The highest BCUT2D eigenvalue weighted by Gasteiger charge is 2.25. The Labute approximate surface area is 196 Å². The fourth-order valence-corrected chi connectivity index (χ4v) is 3.89. The van der Waals surface area contributed by atoms with E-state index in [9.17, 15) is 9.90 Å². The molecule has 0 bridgehead atoms. The SMILES string of the molecule is CCC(O)(CC)COc1ccnc(-c2nc3c(c(N(C)CC(=O)NC(C)(C)C)n2)CCC3)c1. The average Bonchev–Trinajstić information content (AvgIpc) is 3.24. The standard InChI is InChI=1S/C25H37N5O3/c1-7-25(32,8-2)16-33-17-12-13-26-20(14-17)22-27-19-11-9-10-18(19)23(28-22)30(6)15-21(31)29-24(3,4)5/h12-14,32H,7-11,15-16H2,1-6H3,(H,29,31). The number of ether oxygens (including phenoxy) is 1. The van der Waals surface area contributed by atoms with Crippen molar-refractivity contribution in [3.8, 4) is 17.3 Å². The highest BCUT2D eigenvalue weighted by molar-refractivity contribution is 5.82. The lowest BCUT2D eigenvalue weighted by atomic mass is 9.99. The maximum absolute atomic E-state index is 12.5. The summed E-state index contributed by atoms with van der Waals surface area (Å²) < 4.78 is 5.88. The molecule has 180 valence electrons. The van der Waals surface area contributed by atoms with Gasteiger partial charge < -0.3 is 20.1 Å². The number of rotatable bonds is 9. The molecule has 2 heterocycles. The maximum Gasteiger partial charge on any atom is 0.239 e. The Morgan fingerprint density at radius 1 is 1.21 bits per heavy atom. The summed E-state index contributed by atoms with van der Waals surface area (Å²) in [5.74, 6) is 1.85. The van der Waals surface area contributed by atoms with Crippen molar-refractivity contribution in [3.63, 3.8) is 0 Å². The molecule has 0 spiro atoms. The number of hydrogen-bond acceptors (Lipinski definition) is 7. The number of nitrogens with one attached hydrogen (secondary N) is 1. The fraction of sp³-hybridized carbons (Fsp3) is 0.600. The normalized spacial score (nSPS) is 13.5. The van der Waals surface area contributed by atoms with Crippen LogP contribution in [0, 0.1) is 0 Å². The van der Waals surface area contributed by atoms with Gasteiger partial charge in [-0.3, -0.25) is 9.78 Å². The lowest BCUT2D eigenvalue weighted by Crippen LogP contribution is -2.45. The van der Waals surface area contributed by atoms with Crippen LogP contribution in [0.3, 0.4) is 0 Å². The Hall–Kier alpha value is -2.74. The first-order valence-corrected chi connectivity index (χ1v) is 11.8. The molecule has 0 unspecified atom stereocenters. The van der Waals surface area contributed by atoms with Gasteiger partial charge in [0, 0.05) is 36.1 Å². The third kappa shape index (κ3) is 6.41. The molecule has 0 saturated heterocycles. The Kier molecular flexibility index (Phi) is 7.57. The molecule has 2 aromatic heterocycles. The van der Waals surface area contributed by atoms with Crippen LogP contribution < -0.4 is 15.0 Å². The molecule has 0 fully saturated rings. The Morgan fingerprint density at radius 3 is 2.61 bits per heavy atom. The van der Waals surface area contributed by atoms with E-state index >= 15 is 0 Å². The lowest BCUT2D eigenvalue weighted by molar-refractivity contribution is -0.121. The zero-order valence-corrected chi connectivity index (χ0v) is 20.7. The molecule has 3 rings (SSSR count). The van der Waals surface area contributed by atoms with Crippen molar-refractivity contribution in [1.82, 2.24) is 20.3 Å². The number of aliphatic hydroxyl groups is 1. The number of nitrogens with zero attached hydrogens (tertiary/aromatic N) is 4. The predicted molar refractivity (Wildman–Crippen MR) is 129 cm³/mol. The van der Waals surface area contributed by atoms with Crippen LogP contribution in [0.25, 0.3) is 11.5 Å². The van der Waals surface area contributed by atoms with Crippen molar-refractivity contribution < 1.29 is 14.6 Å². The molecule has 2 N–H and O–H groups in total. The first kappa shape index (κ1) is 24.9. The van der Waals surface area contributed by atoms with E-state index in [0.717, 1.165) is 36.3 Å². The second-order valence-corrected chi connectivity index (χ2v) is 9.90. The van der Waals surface area contributed by atoms with Crippen LogP contribution in [-0.4, -0.2) is 57.3 Å². The summed E-state index contributed by atoms with van der Waals surface area (Å²) in [6, 6.07) is 3.57. The van der Waals surface area contributed by atoms with Crippen LogP contribution in [0.1, 0.15) is 65.1 Å². The van der Waals surface area contributed by atoms with Crippen LogP contribution >= 0.6 is 0 Å². The molecule has 0 aliphatic heterocycles. The summed E-state index contributed by atoms with van der Waals surface area (Å²) in [7, 11) is 1.89. The van der Waals surface area contributed by atoms with Crippen LogP contribution in [0.5, 0.6) is 5.75 Å². The Morgan fingerprint density at radius 2 is 1.94 bits per heavy atom. The Bertz CT molecular complexity index is 982. The summed E-state index contributed by atoms with van der Waals surface area (Å²) in [4.78, 5) is 28.4. The third-order valence-corrected chi connectivity index (χ3v) is 5.95. The van der Waals surface area contributed by atoms with Crippen LogP contribution in [0.2, 0.25) is 0 Å². The van der Waals surface area contributed by atoms with E-state index in [1.54, 1.807) is 18.3 Å².